The average Bonchev–Trinajstić information content (AvgIpc) is 3.46. The highest BCUT2D eigenvalue weighted by Crippen LogP contribution is 2.41. The molecule has 1 aliphatic carbocycles. The Balaban J connectivity index is 1.53. The third kappa shape index (κ3) is 2.92. The second kappa shape index (κ2) is 6.95. The van der Waals surface area contributed by atoms with E-state index in [4.69, 9.17) is 10.7 Å². The Hall–Kier alpha value is -3.60. The summed E-state index contributed by atoms with van der Waals surface area (Å²) in [4.78, 5) is 16.4. The topological polar surface area (TPSA) is 65.8 Å². The number of carbonyl (C=O) groups is 1. The molecular weight excluding hydrogens is 396 g/mol. The number of carbonyl (C=O) groups excluding carboxylic acids is 1. The zero-order valence-electron chi connectivity index (χ0n) is 18.4. The summed E-state index contributed by atoms with van der Waals surface area (Å²) in [5.74, 6) is 1.32. The number of hydrogen-bond acceptors (Lipinski definition) is 2. The van der Waals surface area contributed by atoms with Gasteiger partial charge < -0.3 is 14.9 Å². The van der Waals surface area contributed by atoms with E-state index in [0.29, 0.717) is 11.6 Å². The van der Waals surface area contributed by atoms with E-state index in [1.807, 2.05) is 13.1 Å². The van der Waals surface area contributed by atoms with Crippen molar-refractivity contribution in [2.24, 2.45) is 18.7 Å². The molecule has 2 aromatic heterocycles. The zero-order valence-corrected chi connectivity index (χ0v) is 18.4. The Kier molecular flexibility index (Phi) is 4.15. The Morgan fingerprint density at radius 1 is 1.03 bits per heavy atom. The second-order valence-corrected chi connectivity index (χ2v) is 9.21. The minimum absolute atomic E-state index is 0.436. The maximum Gasteiger partial charge on any atom is 0.248 e. The maximum atomic E-state index is 11.6. The molecular formula is C27H26N4O. The van der Waals surface area contributed by atoms with Crippen molar-refractivity contribution >= 4 is 38.7 Å². The smallest absolute Gasteiger partial charge is 0.248 e. The lowest BCUT2D eigenvalue weighted by Gasteiger charge is -2.16. The van der Waals surface area contributed by atoms with Gasteiger partial charge in [0.1, 0.15) is 5.82 Å². The zero-order chi connectivity index (χ0) is 22.0. The number of benzene rings is 3. The summed E-state index contributed by atoms with van der Waals surface area (Å²) in [6, 6.07) is 21.3. The quantitative estimate of drug-likeness (QED) is 0.388. The number of aromatic nitrogens is 3. The first-order valence-corrected chi connectivity index (χ1v) is 11.3. The van der Waals surface area contributed by atoms with E-state index in [1.54, 1.807) is 12.1 Å². The molecule has 5 nitrogen and oxygen atoms in total. The molecule has 0 aliphatic heterocycles. The van der Waals surface area contributed by atoms with Gasteiger partial charge in [-0.2, -0.15) is 0 Å². The van der Waals surface area contributed by atoms with Crippen LogP contribution in [0.2, 0.25) is 0 Å². The van der Waals surface area contributed by atoms with Crippen LogP contribution in [-0.2, 0) is 7.05 Å². The number of rotatable bonds is 5. The van der Waals surface area contributed by atoms with E-state index < -0.39 is 5.91 Å². The van der Waals surface area contributed by atoms with Gasteiger partial charge in [0, 0.05) is 46.0 Å². The van der Waals surface area contributed by atoms with Crippen molar-refractivity contribution in [2.75, 3.05) is 0 Å². The molecule has 3 aromatic carbocycles. The van der Waals surface area contributed by atoms with Gasteiger partial charge in [0.25, 0.3) is 0 Å². The third-order valence-electron chi connectivity index (χ3n) is 6.95. The van der Waals surface area contributed by atoms with Crippen LogP contribution in [0.5, 0.6) is 0 Å². The summed E-state index contributed by atoms with van der Waals surface area (Å²) in [7, 11) is 2.01. The first kappa shape index (κ1) is 19.1. The van der Waals surface area contributed by atoms with Gasteiger partial charge in [0.05, 0.1) is 11.0 Å². The molecule has 32 heavy (non-hydrogen) atoms. The number of nitrogens with two attached hydrogens (primary N) is 1. The normalized spacial score (nSPS) is 15.1. The minimum Gasteiger partial charge on any atom is -0.366 e. The largest absolute Gasteiger partial charge is 0.366 e. The molecule has 1 saturated carbocycles. The van der Waals surface area contributed by atoms with Crippen LogP contribution < -0.4 is 5.73 Å². The first-order valence-electron chi connectivity index (χ1n) is 11.3. The molecule has 5 heteroatoms. The second-order valence-electron chi connectivity index (χ2n) is 9.21. The van der Waals surface area contributed by atoms with Gasteiger partial charge in [-0.25, -0.2) is 4.98 Å². The van der Waals surface area contributed by atoms with Crippen molar-refractivity contribution in [3.8, 4) is 11.4 Å². The van der Waals surface area contributed by atoms with Gasteiger partial charge in [-0.15, -0.1) is 0 Å². The molecule has 1 aliphatic rings. The number of imidazole rings is 1. The summed E-state index contributed by atoms with van der Waals surface area (Å²) in [5, 5.41) is 2.53. The monoisotopic (exact) mass is 422 g/mol. The number of primary amides is 1. The number of nitrogens with zero attached hydrogens (tertiary/aromatic N) is 3. The lowest BCUT2D eigenvalue weighted by molar-refractivity contribution is 0.100. The van der Waals surface area contributed by atoms with Crippen LogP contribution >= 0.6 is 0 Å². The van der Waals surface area contributed by atoms with Gasteiger partial charge in [-0.3, -0.25) is 4.79 Å². The van der Waals surface area contributed by atoms with Crippen LogP contribution in [0.4, 0.5) is 0 Å². The van der Waals surface area contributed by atoms with Crippen molar-refractivity contribution in [1.29, 1.82) is 0 Å². The van der Waals surface area contributed by atoms with Crippen LogP contribution in [-0.4, -0.2) is 20.0 Å². The van der Waals surface area contributed by atoms with Crippen molar-refractivity contribution in [2.45, 2.75) is 32.2 Å². The van der Waals surface area contributed by atoms with E-state index in [2.05, 4.69) is 58.5 Å². The fourth-order valence-corrected chi connectivity index (χ4v) is 5.17. The van der Waals surface area contributed by atoms with Crippen LogP contribution in [0.15, 0.2) is 60.7 Å². The van der Waals surface area contributed by atoms with E-state index >= 15 is 0 Å². The lowest BCUT2D eigenvalue weighted by Crippen LogP contribution is -2.10. The van der Waals surface area contributed by atoms with Crippen molar-refractivity contribution in [3.63, 3.8) is 0 Å². The SMILES string of the molecule is CC(CC1CC1)n1c2ccccc2c2cc(-c3nc4cc(C(N)=O)ccc4n3C)ccc21. The van der Waals surface area contributed by atoms with E-state index in [0.717, 1.165) is 28.3 Å². The standard InChI is InChI=1S/C27H26N4O/c1-16(13-17-7-8-17)31-23-6-4-3-5-20(23)21-14-19(10-11-24(21)31)27-29-22-15-18(26(28)32)9-12-25(22)30(27)2/h3-6,9-12,14-17H,7-8,13H2,1-2H3,(H2,28,32). The Morgan fingerprint density at radius 2 is 1.78 bits per heavy atom. The predicted molar refractivity (Wildman–Crippen MR) is 130 cm³/mol. The number of hydrogen-bond donors (Lipinski definition) is 1. The van der Waals surface area contributed by atoms with Crippen LogP contribution in [0.1, 0.15) is 42.6 Å². The van der Waals surface area contributed by atoms with Gasteiger partial charge >= 0.3 is 0 Å². The van der Waals surface area contributed by atoms with Gasteiger partial charge in [0.15, 0.2) is 0 Å². The Bertz CT molecular complexity index is 1520. The third-order valence-corrected chi connectivity index (χ3v) is 6.95. The molecule has 1 fully saturated rings. The maximum absolute atomic E-state index is 11.6. The van der Waals surface area contributed by atoms with Crippen molar-refractivity contribution < 1.29 is 4.79 Å². The summed E-state index contributed by atoms with van der Waals surface area (Å²) < 4.78 is 4.59. The van der Waals surface area contributed by atoms with Crippen LogP contribution in [0, 0.1) is 5.92 Å². The lowest BCUT2D eigenvalue weighted by atomic mass is 10.1. The molecule has 2 N–H and O–H groups in total. The molecule has 1 unspecified atom stereocenters. The molecule has 5 aromatic rings. The number of para-hydroxylation sites is 1. The van der Waals surface area contributed by atoms with Crippen molar-refractivity contribution in [1.82, 2.24) is 14.1 Å². The molecule has 1 amide bonds. The van der Waals surface area contributed by atoms with E-state index in [9.17, 15) is 4.79 Å². The van der Waals surface area contributed by atoms with Crippen LogP contribution in [0.25, 0.3) is 44.2 Å². The molecule has 6 rings (SSSR count). The van der Waals surface area contributed by atoms with Gasteiger partial charge in [-0.05, 0) is 61.7 Å². The summed E-state index contributed by atoms with van der Waals surface area (Å²) in [5.41, 5.74) is 11.3. The van der Waals surface area contributed by atoms with Crippen LogP contribution in [0.3, 0.4) is 0 Å². The molecule has 0 bridgehead atoms. The number of aryl methyl sites for hydroxylation is 1. The van der Waals surface area contributed by atoms with Crippen molar-refractivity contribution in [3.05, 3.63) is 66.2 Å². The fraction of sp³-hybridized carbons (Fsp3) is 0.259. The summed E-state index contributed by atoms with van der Waals surface area (Å²) >= 11 is 0. The van der Waals surface area contributed by atoms with E-state index in [1.165, 1.54) is 41.1 Å². The summed E-state index contributed by atoms with van der Waals surface area (Å²) in [6.45, 7) is 2.35. The molecule has 0 spiro atoms. The Labute approximate surface area is 186 Å². The number of fused-ring (bicyclic) bond motifs is 4. The van der Waals surface area contributed by atoms with Gasteiger partial charge in [-0.1, -0.05) is 31.0 Å². The molecule has 0 saturated heterocycles. The highest BCUT2D eigenvalue weighted by atomic mass is 16.1. The average molecular weight is 423 g/mol. The molecule has 1 atom stereocenters. The predicted octanol–water partition coefficient (Wildman–Crippen LogP) is 5.81. The van der Waals surface area contributed by atoms with E-state index in [-0.39, 0.29) is 0 Å². The Morgan fingerprint density at radius 3 is 2.56 bits per heavy atom. The van der Waals surface area contributed by atoms with Gasteiger partial charge in [0.2, 0.25) is 5.91 Å². The molecule has 2 heterocycles. The first-order chi connectivity index (χ1) is 15.5. The fourth-order valence-electron chi connectivity index (χ4n) is 5.17. The molecule has 0 radical (unpaired) electrons. The highest BCUT2D eigenvalue weighted by Gasteiger charge is 2.26. The minimum atomic E-state index is -0.436. The molecule has 160 valence electrons. The highest BCUT2D eigenvalue weighted by molar-refractivity contribution is 6.09. The summed E-state index contributed by atoms with van der Waals surface area (Å²) in [6.07, 6.45) is 3.98. The number of amides is 1.